The number of fused-ring (bicyclic) bond motifs is 1. The Hall–Kier alpha value is -2.62. The molecule has 0 fully saturated rings. The van der Waals surface area contributed by atoms with E-state index in [4.69, 9.17) is 4.74 Å². The van der Waals surface area contributed by atoms with Crippen molar-refractivity contribution in [3.63, 3.8) is 0 Å². The molecule has 0 spiro atoms. The second kappa shape index (κ2) is 6.24. The fraction of sp³-hybridized carbons (Fsp3) is 0.263. The maximum absolute atomic E-state index is 12.6. The first kappa shape index (κ1) is 15.3. The first-order valence-corrected chi connectivity index (χ1v) is 7.72. The molecular formula is C19H20N2O2. The molecule has 2 aromatic carbocycles. The normalized spacial score (nSPS) is 10.9. The van der Waals surface area contributed by atoms with Crippen LogP contribution in [0, 0.1) is 20.8 Å². The van der Waals surface area contributed by atoms with Gasteiger partial charge in [-0.05, 0) is 56.2 Å². The summed E-state index contributed by atoms with van der Waals surface area (Å²) in [6.07, 6.45) is 0. The fourth-order valence-corrected chi connectivity index (χ4v) is 2.81. The van der Waals surface area contributed by atoms with Crippen LogP contribution >= 0.6 is 0 Å². The number of aryl methyl sites for hydroxylation is 3. The monoisotopic (exact) mass is 308 g/mol. The van der Waals surface area contributed by atoms with Crippen molar-refractivity contribution in [2.75, 3.05) is 6.61 Å². The van der Waals surface area contributed by atoms with E-state index in [1.807, 2.05) is 57.2 Å². The summed E-state index contributed by atoms with van der Waals surface area (Å²) in [6, 6.07) is 13.5. The van der Waals surface area contributed by atoms with E-state index in [0.717, 1.165) is 11.3 Å². The molecule has 0 aliphatic carbocycles. The Morgan fingerprint density at radius 2 is 1.74 bits per heavy atom. The third-order valence-corrected chi connectivity index (χ3v) is 3.83. The molecule has 4 heteroatoms. The van der Waals surface area contributed by atoms with Gasteiger partial charge >= 0.3 is 0 Å². The lowest BCUT2D eigenvalue weighted by Crippen LogP contribution is -2.26. The zero-order chi connectivity index (χ0) is 16.4. The summed E-state index contributed by atoms with van der Waals surface area (Å²) in [5.74, 6) is 1.54. The third-order valence-electron chi connectivity index (χ3n) is 3.83. The number of nitrogens with zero attached hydrogens (tertiary/aromatic N) is 2. The van der Waals surface area contributed by atoms with Gasteiger partial charge in [0.1, 0.15) is 18.2 Å². The van der Waals surface area contributed by atoms with Crippen molar-refractivity contribution < 1.29 is 4.74 Å². The van der Waals surface area contributed by atoms with E-state index in [-0.39, 0.29) is 5.56 Å². The van der Waals surface area contributed by atoms with Crippen LogP contribution in [0.25, 0.3) is 10.9 Å². The van der Waals surface area contributed by atoms with E-state index < -0.39 is 0 Å². The summed E-state index contributed by atoms with van der Waals surface area (Å²) < 4.78 is 7.48. The highest BCUT2D eigenvalue weighted by molar-refractivity contribution is 5.77. The van der Waals surface area contributed by atoms with Crippen molar-refractivity contribution in [2.45, 2.75) is 27.3 Å². The zero-order valence-electron chi connectivity index (χ0n) is 13.7. The van der Waals surface area contributed by atoms with Crippen LogP contribution in [0.4, 0.5) is 0 Å². The van der Waals surface area contributed by atoms with Gasteiger partial charge in [-0.3, -0.25) is 9.36 Å². The molecule has 0 atom stereocenters. The number of aromatic nitrogens is 2. The SMILES string of the molecule is Cc1cc(C)cc(OCCn2c(C)nc3ccccc3c2=O)c1. The second-order valence-electron chi connectivity index (χ2n) is 5.80. The molecule has 1 aromatic heterocycles. The number of rotatable bonds is 4. The van der Waals surface area contributed by atoms with Gasteiger partial charge in [0, 0.05) is 0 Å². The highest BCUT2D eigenvalue weighted by atomic mass is 16.5. The predicted molar refractivity (Wildman–Crippen MR) is 92.2 cm³/mol. The maximum Gasteiger partial charge on any atom is 0.261 e. The van der Waals surface area contributed by atoms with E-state index in [1.54, 1.807) is 4.57 Å². The van der Waals surface area contributed by atoms with Gasteiger partial charge in [-0.2, -0.15) is 0 Å². The molecule has 3 rings (SSSR count). The minimum absolute atomic E-state index is 0.0166. The molecule has 3 aromatic rings. The van der Waals surface area contributed by atoms with Gasteiger partial charge in [0.05, 0.1) is 17.4 Å². The Labute approximate surface area is 135 Å². The average molecular weight is 308 g/mol. The van der Waals surface area contributed by atoms with Gasteiger partial charge in [0.25, 0.3) is 5.56 Å². The average Bonchev–Trinajstić information content (AvgIpc) is 2.49. The van der Waals surface area contributed by atoms with Crippen molar-refractivity contribution in [3.8, 4) is 5.75 Å². The van der Waals surface area contributed by atoms with E-state index >= 15 is 0 Å². The Morgan fingerprint density at radius 1 is 1.04 bits per heavy atom. The molecule has 0 saturated heterocycles. The molecule has 4 nitrogen and oxygen atoms in total. The van der Waals surface area contributed by atoms with E-state index in [0.29, 0.717) is 24.4 Å². The summed E-state index contributed by atoms with van der Waals surface area (Å²) in [4.78, 5) is 17.1. The van der Waals surface area contributed by atoms with Gasteiger partial charge < -0.3 is 4.74 Å². The summed E-state index contributed by atoms with van der Waals surface area (Å²) in [5, 5.41) is 0.643. The topological polar surface area (TPSA) is 44.1 Å². The summed E-state index contributed by atoms with van der Waals surface area (Å²) in [5.41, 5.74) is 3.06. The number of hydrogen-bond acceptors (Lipinski definition) is 3. The van der Waals surface area contributed by atoms with Crippen LogP contribution in [0.1, 0.15) is 17.0 Å². The largest absolute Gasteiger partial charge is 0.492 e. The molecule has 23 heavy (non-hydrogen) atoms. The van der Waals surface area contributed by atoms with Gasteiger partial charge in [-0.25, -0.2) is 4.98 Å². The molecule has 0 amide bonds. The van der Waals surface area contributed by atoms with Gasteiger partial charge in [0.15, 0.2) is 0 Å². The van der Waals surface area contributed by atoms with Crippen molar-refractivity contribution in [3.05, 3.63) is 69.8 Å². The van der Waals surface area contributed by atoms with Crippen molar-refractivity contribution >= 4 is 10.9 Å². The fourth-order valence-electron chi connectivity index (χ4n) is 2.81. The second-order valence-corrected chi connectivity index (χ2v) is 5.80. The molecule has 0 aliphatic heterocycles. The van der Waals surface area contributed by atoms with Crippen LogP contribution in [0.3, 0.4) is 0 Å². The van der Waals surface area contributed by atoms with E-state index in [1.165, 1.54) is 11.1 Å². The molecule has 0 aliphatic rings. The minimum Gasteiger partial charge on any atom is -0.492 e. The van der Waals surface area contributed by atoms with Crippen molar-refractivity contribution in [1.29, 1.82) is 0 Å². The predicted octanol–water partition coefficient (Wildman–Crippen LogP) is 3.40. The molecule has 118 valence electrons. The lowest BCUT2D eigenvalue weighted by molar-refractivity contribution is 0.294. The smallest absolute Gasteiger partial charge is 0.261 e. The van der Waals surface area contributed by atoms with Crippen molar-refractivity contribution in [1.82, 2.24) is 9.55 Å². The van der Waals surface area contributed by atoms with Crippen LogP contribution in [0.2, 0.25) is 0 Å². The Morgan fingerprint density at radius 3 is 2.48 bits per heavy atom. The molecule has 0 bridgehead atoms. The lowest BCUT2D eigenvalue weighted by atomic mass is 10.1. The Bertz CT molecular complexity index is 893. The van der Waals surface area contributed by atoms with Crippen molar-refractivity contribution in [2.24, 2.45) is 0 Å². The highest BCUT2D eigenvalue weighted by Gasteiger charge is 2.07. The molecular weight excluding hydrogens is 288 g/mol. The quantitative estimate of drug-likeness (QED) is 0.742. The van der Waals surface area contributed by atoms with Gasteiger partial charge in [0.2, 0.25) is 0 Å². The summed E-state index contributed by atoms with van der Waals surface area (Å²) >= 11 is 0. The molecule has 0 saturated carbocycles. The number of ether oxygens (including phenoxy) is 1. The van der Waals surface area contributed by atoms with Crippen LogP contribution in [-0.4, -0.2) is 16.2 Å². The van der Waals surface area contributed by atoms with Gasteiger partial charge in [-0.1, -0.05) is 18.2 Å². The van der Waals surface area contributed by atoms with E-state index in [2.05, 4.69) is 11.1 Å². The van der Waals surface area contributed by atoms with Crippen LogP contribution in [0.5, 0.6) is 5.75 Å². The van der Waals surface area contributed by atoms with Gasteiger partial charge in [-0.15, -0.1) is 0 Å². The minimum atomic E-state index is -0.0166. The Kier molecular flexibility index (Phi) is 4.15. The lowest BCUT2D eigenvalue weighted by Gasteiger charge is -2.12. The summed E-state index contributed by atoms with van der Waals surface area (Å²) in [6.45, 7) is 6.85. The first-order chi connectivity index (χ1) is 11.0. The highest BCUT2D eigenvalue weighted by Crippen LogP contribution is 2.16. The standard InChI is InChI=1S/C19H20N2O2/c1-13-10-14(2)12-16(11-13)23-9-8-21-15(3)20-18-7-5-4-6-17(18)19(21)22/h4-7,10-12H,8-9H2,1-3H3. The third kappa shape index (κ3) is 3.26. The molecule has 1 heterocycles. The molecule has 0 radical (unpaired) electrons. The Balaban J connectivity index is 1.80. The number of para-hydroxylation sites is 1. The first-order valence-electron chi connectivity index (χ1n) is 7.72. The van der Waals surface area contributed by atoms with Crippen LogP contribution in [-0.2, 0) is 6.54 Å². The summed E-state index contributed by atoms with van der Waals surface area (Å²) in [7, 11) is 0. The zero-order valence-corrected chi connectivity index (χ0v) is 13.7. The molecule has 0 N–H and O–H groups in total. The number of hydrogen-bond donors (Lipinski definition) is 0. The van der Waals surface area contributed by atoms with Crippen LogP contribution < -0.4 is 10.3 Å². The molecule has 0 unspecified atom stereocenters. The van der Waals surface area contributed by atoms with E-state index in [9.17, 15) is 4.79 Å². The number of benzene rings is 2. The maximum atomic E-state index is 12.6. The van der Waals surface area contributed by atoms with Crippen LogP contribution in [0.15, 0.2) is 47.3 Å².